The molecule has 4 heteroatoms. The molecule has 0 bridgehead atoms. The molecule has 0 saturated carbocycles. The summed E-state index contributed by atoms with van der Waals surface area (Å²) in [5, 5.41) is 8.79. The number of para-hydroxylation sites is 1. The molecule has 0 aliphatic carbocycles. The van der Waals surface area contributed by atoms with E-state index in [9.17, 15) is 0 Å². The second-order valence-electron chi connectivity index (χ2n) is 4.95. The van der Waals surface area contributed by atoms with E-state index in [0.717, 1.165) is 37.2 Å². The van der Waals surface area contributed by atoms with E-state index < -0.39 is 0 Å². The Balaban J connectivity index is 1.76. The van der Waals surface area contributed by atoms with Crippen LogP contribution in [0.4, 0.5) is 0 Å². The van der Waals surface area contributed by atoms with Gasteiger partial charge in [0.15, 0.2) is 6.29 Å². The summed E-state index contributed by atoms with van der Waals surface area (Å²) in [7, 11) is 0. The summed E-state index contributed by atoms with van der Waals surface area (Å²) >= 11 is 0. The molecule has 0 aromatic heterocycles. The van der Waals surface area contributed by atoms with Gasteiger partial charge in [-0.2, -0.15) is 0 Å². The molecule has 2 rings (SSSR count). The van der Waals surface area contributed by atoms with Crippen molar-refractivity contribution in [3.8, 4) is 5.75 Å². The smallest absolute Gasteiger partial charge is 0.157 e. The molecular formula is C16H24O4. The lowest BCUT2D eigenvalue weighted by atomic mass is 10.1. The molecule has 1 aromatic carbocycles. The zero-order valence-electron chi connectivity index (χ0n) is 11.9. The summed E-state index contributed by atoms with van der Waals surface area (Å²) in [6, 6.07) is 7.98. The number of aliphatic hydroxyl groups is 1. The van der Waals surface area contributed by atoms with Gasteiger partial charge in [-0.05, 0) is 37.3 Å². The fraction of sp³-hybridized carbons (Fsp3) is 0.625. The first-order valence-electron chi connectivity index (χ1n) is 7.45. The van der Waals surface area contributed by atoms with Gasteiger partial charge >= 0.3 is 0 Å². The van der Waals surface area contributed by atoms with Crippen LogP contribution in [0.3, 0.4) is 0 Å². The maximum absolute atomic E-state index is 8.79. The molecule has 112 valence electrons. The van der Waals surface area contributed by atoms with E-state index in [1.54, 1.807) is 0 Å². The molecular weight excluding hydrogens is 256 g/mol. The van der Waals surface area contributed by atoms with Crippen molar-refractivity contribution in [3.63, 3.8) is 0 Å². The van der Waals surface area contributed by atoms with Crippen molar-refractivity contribution >= 4 is 0 Å². The van der Waals surface area contributed by atoms with Crippen LogP contribution in [-0.4, -0.2) is 37.8 Å². The standard InChI is InChI=1S/C16H24O4/c17-10-5-12-18-15-7-2-1-6-14(15)9-13-20-16-8-3-4-11-19-16/h1-2,6-7,16-17H,3-5,8-13H2. The van der Waals surface area contributed by atoms with Gasteiger partial charge in [-0.1, -0.05) is 18.2 Å². The van der Waals surface area contributed by atoms with Crippen LogP contribution in [0.5, 0.6) is 5.75 Å². The lowest BCUT2D eigenvalue weighted by Gasteiger charge is -2.22. The number of hydrogen-bond acceptors (Lipinski definition) is 4. The Bertz CT molecular complexity index is 374. The van der Waals surface area contributed by atoms with Crippen LogP contribution in [0.25, 0.3) is 0 Å². The van der Waals surface area contributed by atoms with Gasteiger partial charge < -0.3 is 19.3 Å². The Labute approximate surface area is 120 Å². The van der Waals surface area contributed by atoms with Gasteiger partial charge in [0.1, 0.15) is 5.75 Å². The average Bonchev–Trinajstić information content (AvgIpc) is 2.50. The molecule has 4 nitrogen and oxygen atoms in total. The van der Waals surface area contributed by atoms with E-state index in [1.165, 1.54) is 6.42 Å². The first kappa shape index (κ1) is 15.3. The largest absolute Gasteiger partial charge is 0.493 e. The van der Waals surface area contributed by atoms with Crippen LogP contribution in [0.1, 0.15) is 31.2 Å². The van der Waals surface area contributed by atoms with Crippen molar-refractivity contribution in [2.45, 2.75) is 38.4 Å². The van der Waals surface area contributed by atoms with Crippen molar-refractivity contribution in [2.24, 2.45) is 0 Å². The normalized spacial score (nSPS) is 18.9. The molecule has 1 saturated heterocycles. The summed E-state index contributed by atoms with van der Waals surface area (Å²) in [5.74, 6) is 0.883. The van der Waals surface area contributed by atoms with Gasteiger partial charge in [-0.15, -0.1) is 0 Å². The van der Waals surface area contributed by atoms with E-state index in [-0.39, 0.29) is 12.9 Å². The minimum atomic E-state index is -0.0359. The Kier molecular flexibility index (Phi) is 6.84. The van der Waals surface area contributed by atoms with Gasteiger partial charge in [0.05, 0.1) is 13.2 Å². The maximum Gasteiger partial charge on any atom is 0.157 e. The van der Waals surface area contributed by atoms with Crippen LogP contribution in [0.15, 0.2) is 24.3 Å². The minimum Gasteiger partial charge on any atom is -0.493 e. The third-order valence-electron chi connectivity index (χ3n) is 3.35. The lowest BCUT2D eigenvalue weighted by Crippen LogP contribution is -2.23. The molecule has 20 heavy (non-hydrogen) atoms. The fourth-order valence-corrected chi connectivity index (χ4v) is 2.24. The summed E-state index contributed by atoms with van der Waals surface area (Å²) in [5.41, 5.74) is 1.14. The first-order chi connectivity index (χ1) is 9.90. The molecule has 1 fully saturated rings. The van der Waals surface area contributed by atoms with E-state index in [0.29, 0.717) is 19.6 Å². The molecule has 1 aliphatic rings. The third-order valence-corrected chi connectivity index (χ3v) is 3.35. The first-order valence-corrected chi connectivity index (χ1v) is 7.45. The topological polar surface area (TPSA) is 47.9 Å². The van der Waals surface area contributed by atoms with Crippen LogP contribution >= 0.6 is 0 Å². The number of ether oxygens (including phenoxy) is 3. The fourth-order valence-electron chi connectivity index (χ4n) is 2.24. The average molecular weight is 280 g/mol. The maximum atomic E-state index is 8.79. The number of aliphatic hydroxyl groups excluding tert-OH is 1. The highest BCUT2D eigenvalue weighted by Crippen LogP contribution is 2.20. The third kappa shape index (κ3) is 5.12. The van der Waals surface area contributed by atoms with Gasteiger partial charge in [0, 0.05) is 19.6 Å². The summed E-state index contributed by atoms with van der Waals surface area (Å²) < 4.78 is 17.0. The summed E-state index contributed by atoms with van der Waals surface area (Å²) in [6.07, 6.45) is 4.75. The quantitative estimate of drug-likeness (QED) is 0.743. The van der Waals surface area contributed by atoms with E-state index >= 15 is 0 Å². The van der Waals surface area contributed by atoms with Crippen LogP contribution in [0.2, 0.25) is 0 Å². The molecule has 0 radical (unpaired) electrons. The van der Waals surface area contributed by atoms with Crippen LogP contribution in [0, 0.1) is 0 Å². The molecule has 1 N–H and O–H groups in total. The molecule has 1 aliphatic heterocycles. The van der Waals surface area contributed by atoms with Crippen molar-refractivity contribution in [1.29, 1.82) is 0 Å². The lowest BCUT2D eigenvalue weighted by molar-refractivity contribution is -0.161. The molecule has 1 aromatic rings. The van der Waals surface area contributed by atoms with Gasteiger partial charge in [0.25, 0.3) is 0 Å². The van der Waals surface area contributed by atoms with Crippen LogP contribution in [-0.2, 0) is 15.9 Å². The van der Waals surface area contributed by atoms with Crippen molar-refractivity contribution in [3.05, 3.63) is 29.8 Å². The monoisotopic (exact) mass is 280 g/mol. The SMILES string of the molecule is OCCCOc1ccccc1CCOC1CCCCO1. The van der Waals surface area contributed by atoms with Gasteiger partial charge in [-0.3, -0.25) is 0 Å². The Morgan fingerprint density at radius 2 is 2.10 bits per heavy atom. The second-order valence-corrected chi connectivity index (χ2v) is 4.95. The summed E-state index contributed by atoms with van der Waals surface area (Å²) in [6.45, 7) is 2.15. The zero-order chi connectivity index (χ0) is 14.0. The summed E-state index contributed by atoms with van der Waals surface area (Å²) in [4.78, 5) is 0. The Hall–Kier alpha value is -1.10. The minimum absolute atomic E-state index is 0.0359. The van der Waals surface area contributed by atoms with Gasteiger partial charge in [0.2, 0.25) is 0 Å². The predicted molar refractivity (Wildman–Crippen MR) is 76.9 cm³/mol. The van der Waals surface area contributed by atoms with E-state index in [2.05, 4.69) is 6.07 Å². The zero-order valence-corrected chi connectivity index (χ0v) is 11.9. The van der Waals surface area contributed by atoms with Crippen molar-refractivity contribution < 1.29 is 19.3 Å². The number of hydrogen-bond donors (Lipinski definition) is 1. The molecule has 1 atom stereocenters. The highest BCUT2D eigenvalue weighted by Gasteiger charge is 2.14. The van der Waals surface area contributed by atoms with Gasteiger partial charge in [-0.25, -0.2) is 0 Å². The van der Waals surface area contributed by atoms with E-state index in [1.807, 2.05) is 18.2 Å². The predicted octanol–water partition coefficient (Wildman–Crippen LogP) is 2.53. The molecule has 1 heterocycles. The highest BCUT2D eigenvalue weighted by atomic mass is 16.7. The highest BCUT2D eigenvalue weighted by molar-refractivity contribution is 5.33. The molecule has 0 amide bonds. The van der Waals surface area contributed by atoms with Crippen molar-refractivity contribution in [1.82, 2.24) is 0 Å². The molecule has 0 spiro atoms. The Morgan fingerprint density at radius 1 is 1.20 bits per heavy atom. The number of benzene rings is 1. The molecule has 1 unspecified atom stereocenters. The number of rotatable bonds is 8. The van der Waals surface area contributed by atoms with Crippen LogP contribution < -0.4 is 4.74 Å². The van der Waals surface area contributed by atoms with Crippen molar-refractivity contribution in [2.75, 3.05) is 26.4 Å². The second kappa shape index (κ2) is 8.95. The Morgan fingerprint density at radius 3 is 2.90 bits per heavy atom. The van der Waals surface area contributed by atoms with E-state index in [4.69, 9.17) is 19.3 Å².